The van der Waals surface area contributed by atoms with Gasteiger partial charge >= 0.3 is 0 Å². The number of benzene rings is 4. The first-order valence-corrected chi connectivity index (χ1v) is 6.81. The third-order valence-electron chi connectivity index (χ3n) is 3.32. The Morgan fingerprint density at radius 2 is 0.409 bits per heavy atom. The monoisotopic (exact) mass is 324 g/mol. The maximum absolute atomic E-state index is 2.12. The minimum atomic E-state index is 0. The Morgan fingerprint density at radius 3 is 0.545 bits per heavy atom. The average molecular weight is 324 g/mol. The molecule has 0 aliphatic heterocycles. The van der Waals surface area contributed by atoms with Gasteiger partial charge in [-0.15, -0.1) is 0 Å². The van der Waals surface area contributed by atoms with Gasteiger partial charge in [-0.25, -0.2) is 0 Å². The molecule has 0 saturated carbocycles. The highest BCUT2D eigenvalue weighted by Gasteiger charge is 1.86. The summed E-state index contributed by atoms with van der Waals surface area (Å²) in [5.41, 5.74) is 0. The van der Waals surface area contributed by atoms with E-state index in [0.29, 0.717) is 0 Å². The van der Waals surface area contributed by atoms with Gasteiger partial charge in [-0.3, -0.25) is 0 Å². The van der Waals surface area contributed by atoms with Gasteiger partial charge in [0.2, 0.25) is 0 Å². The van der Waals surface area contributed by atoms with Crippen LogP contribution in [0.15, 0.2) is 97.1 Å². The van der Waals surface area contributed by atoms with Gasteiger partial charge in [0.15, 0.2) is 0 Å². The lowest BCUT2D eigenvalue weighted by Crippen LogP contribution is -1.67. The first-order chi connectivity index (χ1) is 9.93. The van der Waals surface area contributed by atoms with Crippen molar-refractivity contribution in [2.24, 2.45) is 0 Å². The molecule has 4 aromatic rings. The lowest BCUT2D eigenvalue weighted by Gasteiger charge is -1.92. The maximum Gasteiger partial charge on any atom is -0.0184 e. The molecule has 0 aliphatic carbocycles. The molecule has 0 saturated heterocycles. The van der Waals surface area contributed by atoms with Crippen LogP contribution in [0.4, 0.5) is 0 Å². The summed E-state index contributed by atoms with van der Waals surface area (Å²) in [6.45, 7) is 0. The van der Waals surface area contributed by atoms with Crippen molar-refractivity contribution in [1.82, 2.24) is 0 Å². The highest BCUT2D eigenvalue weighted by Crippen LogP contribution is 2.11. The van der Waals surface area contributed by atoms with Crippen molar-refractivity contribution >= 4 is 41.3 Å². The molecule has 0 N–H and O–H groups in total. The van der Waals surface area contributed by atoms with Gasteiger partial charge in [-0.1, -0.05) is 97.1 Å². The van der Waals surface area contributed by atoms with Gasteiger partial charge in [0.1, 0.15) is 0 Å². The van der Waals surface area contributed by atoms with E-state index in [4.69, 9.17) is 0 Å². The summed E-state index contributed by atoms with van der Waals surface area (Å²) in [6.07, 6.45) is 0. The second-order valence-corrected chi connectivity index (χ2v) is 4.69. The third kappa shape index (κ3) is 4.63. The third-order valence-corrected chi connectivity index (χ3v) is 3.32. The molecular formula is C20H22P2. The van der Waals surface area contributed by atoms with Crippen molar-refractivity contribution in [2.75, 3.05) is 0 Å². The van der Waals surface area contributed by atoms with Crippen molar-refractivity contribution in [1.29, 1.82) is 0 Å². The van der Waals surface area contributed by atoms with Crippen LogP contribution >= 0.6 is 19.8 Å². The van der Waals surface area contributed by atoms with Crippen LogP contribution in [0.25, 0.3) is 21.5 Å². The molecule has 4 aromatic carbocycles. The Hall–Kier alpha value is -1.74. The van der Waals surface area contributed by atoms with Gasteiger partial charge in [0.25, 0.3) is 0 Å². The van der Waals surface area contributed by atoms with E-state index in [-0.39, 0.29) is 19.8 Å². The van der Waals surface area contributed by atoms with Gasteiger partial charge in [-0.2, -0.15) is 19.8 Å². The molecular weight excluding hydrogens is 302 g/mol. The summed E-state index contributed by atoms with van der Waals surface area (Å²) in [5, 5.41) is 5.24. The second kappa shape index (κ2) is 9.31. The van der Waals surface area contributed by atoms with E-state index in [9.17, 15) is 0 Å². The number of hydrogen-bond acceptors (Lipinski definition) is 0. The van der Waals surface area contributed by atoms with Crippen molar-refractivity contribution in [3.8, 4) is 0 Å². The van der Waals surface area contributed by atoms with E-state index >= 15 is 0 Å². The lowest BCUT2D eigenvalue weighted by atomic mass is 10.1. The molecule has 0 nitrogen and oxygen atoms in total. The molecule has 0 spiro atoms. The van der Waals surface area contributed by atoms with Crippen LogP contribution in [0.3, 0.4) is 0 Å². The Bertz CT molecular complexity index is 623. The predicted octanol–water partition coefficient (Wildman–Crippen LogP) is 5.80. The molecule has 0 bridgehead atoms. The molecule has 22 heavy (non-hydrogen) atoms. The molecule has 112 valence electrons. The summed E-state index contributed by atoms with van der Waals surface area (Å²) < 4.78 is 0. The summed E-state index contributed by atoms with van der Waals surface area (Å²) in [4.78, 5) is 0. The molecule has 0 radical (unpaired) electrons. The normalized spacial score (nSPS) is 9.09. The van der Waals surface area contributed by atoms with Crippen LogP contribution < -0.4 is 0 Å². The molecule has 0 aliphatic rings. The Morgan fingerprint density at radius 1 is 0.273 bits per heavy atom. The maximum atomic E-state index is 2.12. The minimum absolute atomic E-state index is 0. The molecule has 2 heteroatoms. The average Bonchev–Trinajstić information content (AvgIpc) is 2.56. The van der Waals surface area contributed by atoms with Crippen molar-refractivity contribution in [3.05, 3.63) is 97.1 Å². The van der Waals surface area contributed by atoms with Gasteiger partial charge < -0.3 is 0 Å². The number of hydrogen-bond donors (Lipinski definition) is 0. The van der Waals surface area contributed by atoms with E-state index in [2.05, 4.69) is 97.1 Å². The van der Waals surface area contributed by atoms with Crippen molar-refractivity contribution in [2.45, 2.75) is 0 Å². The van der Waals surface area contributed by atoms with Crippen molar-refractivity contribution < 1.29 is 0 Å². The largest absolute Gasteiger partial charge is 0.153 e. The van der Waals surface area contributed by atoms with E-state index in [1.54, 1.807) is 0 Å². The zero-order valence-electron chi connectivity index (χ0n) is 12.7. The molecule has 0 aromatic heterocycles. The van der Waals surface area contributed by atoms with E-state index in [1.165, 1.54) is 21.5 Å². The minimum Gasteiger partial charge on any atom is -0.153 e. The van der Waals surface area contributed by atoms with Crippen LogP contribution in [-0.2, 0) is 0 Å². The smallest absolute Gasteiger partial charge is 0.0184 e. The van der Waals surface area contributed by atoms with Crippen LogP contribution in [-0.4, -0.2) is 0 Å². The summed E-state index contributed by atoms with van der Waals surface area (Å²) in [6, 6.07) is 33.4. The second-order valence-electron chi connectivity index (χ2n) is 4.69. The quantitative estimate of drug-likeness (QED) is 0.359. The summed E-state index contributed by atoms with van der Waals surface area (Å²) in [5.74, 6) is 0. The highest BCUT2D eigenvalue weighted by atomic mass is 31.0. The zero-order chi connectivity index (χ0) is 13.6. The molecule has 0 amide bonds. The standard InChI is InChI=1S/2C10H8.2H3P/c2*1-2-6-10-8-4-3-7-9(10)5-1;;/h2*1-8H;2*1H3. The van der Waals surface area contributed by atoms with Gasteiger partial charge in [-0.05, 0) is 21.5 Å². The first-order valence-electron chi connectivity index (χ1n) is 6.81. The summed E-state index contributed by atoms with van der Waals surface area (Å²) >= 11 is 0. The van der Waals surface area contributed by atoms with Crippen LogP contribution in [0.5, 0.6) is 0 Å². The Labute approximate surface area is 138 Å². The fourth-order valence-corrected chi connectivity index (χ4v) is 2.27. The fourth-order valence-electron chi connectivity index (χ4n) is 2.27. The number of rotatable bonds is 0. The molecule has 4 rings (SSSR count). The summed E-state index contributed by atoms with van der Waals surface area (Å²) in [7, 11) is 0. The topological polar surface area (TPSA) is 0 Å². The van der Waals surface area contributed by atoms with Gasteiger partial charge in [0.05, 0.1) is 0 Å². The van der Waals surface area contributed by atoms with E-state index in [0.717, 1.165) is 0 Å². The van der Waals surface area contributed by atoms with Crippen LogP contribution in [0.2, 0.25) is 0 Å². The fraction of sp³-hybridized carbons (Fsp3) is 0. The first kappa shape index (κ1) is 18.3. The van der Waals surface area contributed by atoms with Gasteiger partial charge in [0, 0.05) is 0 Å². The highest BCUT2D eigenvalue weighted by molar-refractivity contribution is 6.92. The lowest BCUT2D eigenvalue weighted by molar-refractivity contribution is 1.75. The molecule has 0 fully saturated rings. The Balaban J connectivity index is 0.000000202. The molecule has 2 unspecified atom stereocenters. The molecule has 2 atom stereocenters. The zero-order valence-corrected chi connectivity index (χ0v) is 15.5. The van der Waals surface area contributed by atoms with E-state index in [1.807, 2.05) is 0 Å². The van der Waals surface area contributed by atoms with Crippen LogP contribution in [0.1, 0.15) is 0 Å². The predicted molar refractivity (Wildman–Crippen MR) is 110 cm³/mol. The Kier molecular flexibility index (Phi) is 7.75. The van der Waals surface area contributed by atoms with Crippen molar-refractivity contribution in [3.63, 3.8) is 0 Å². The molecule has 0 heterocycles. The van der Waals surface area contributed by atoms with Crippen LogP contribution in [0, 0.1) is 0 Å². The number of fused-ring (bicyclic) bond motifs is 2. The SMILES string of the molecule is P.P.c1ccc2ccccc2c1.c1ccc2ccccc2c1. The van der Waals surface area contributed by atoms with E-state index < -0.39 is 0 Å².